The number of carbonyl (C=O) groups is 2. The highest BCUT2D eigenvalue weighted by atomic mass is 16.3. The van der Waals surface area contributed by atoms with Gasteiger partial charge >= 0.3 is 0 Å². The van der Waals surface area contributed by atoms with Crippen LogP contribution < -0.4 is 5.32 Å². The van der Waals surface area contributed by atoms with Gasteiger partial charge in [-0.1, -0.05) is 0 Å². The second-order valence-corrected chi connectivity index (χ2v) is 3.90. The summed E-state index contributed by atoms with van der Waals surface area (Å²) in [4.78, 5) is 24.2. The van der Waals surface area contributed by atoms with Crippen molar-refractivity contribution in [3.63, 3.8) is 0 Å². The van der Waals surface area contributed by atoms with Crippen LogP contribution in [0.15, 0.2) is 0 Å². The molecule has 1 rings (SSSR count). The number of amides is 2. The van der Waals surface area contributed by atoms with Crippen molar-refractivity contribution in [1.82, 2.24) is 10.2 Å². The summed E-state index contributed by atoms with van der Waals surface area (Å²) in [7, 11) is 0. The van der Waals surface area contributed by atoms with Gasteiger partial charge in [-0.25, -0.2) is 0 Å². The van der Waals surface area contributed by atoms with Crippen LogP contribution in [0.5, 0.6) is 0 Å². The maximum Gasteiger partial charge on any atom is 0.239 e. The Morgan fingerprint density at radius 3 is 2.93 bits per heavy atom. The summed E-state index contributed by atoms with van der Waals surface area (Å²) in [6, 6.07) is -0.0415. The molecule has 1 aliphatic rings. The Balaban J connectivity index is 2.26. The third kappa shape index (κ3) is 3.87. The Kier molecular flexibility index (Phi) is 4.55. The summed E-state index contributed by atoms with van der Waals surface area (Å²) in [6.45, 7) is 2.72. The first-order valence-electron chi connectivity index (χ1n) is 5.31. The highest BCUT2D eigenvalue weighted by Gasteiger charge is 2.22. The van der Waals surface area contributed by atoms with E-state index < -0.39 is 0 Å². The number of carbonyl (C=O) groups excluding carboxylic acids is 2. The molecule has 0 aromatic rings. The highest BCUT2D eigenvalue weighted by Crippen LogP contribution is 2.08. The smallest absolute Gasteiger partial charge is 0.239 e. The van der Waals surface area contributed by atoms with Crippen molar-refractivity contribution in [2.24, 2.45) is 0 Å². The molecule has 15 heavy (non-hydrogen) atoms. The van der Waals surface area contributed by atoms with Gasteiger partial charge < -0.3 is 15.3 Å². The number of nitrogens with one attached hydrogen (secondary N) is 1. The lowest BCUT2D eigenvalue weighted by molar-refractivity contribution is -0.133. The lowest BCUT2D eigenvalue weighted by Crippen LogP contribution is -2.41. The molecular weight excluding hydrogens is 196 g/mol. The molecule has 0 aliphatic carbocycles. The zero-order chi connectivity index (χ0) is 11.3. The van der Waals surface area contributed by atoms with Crippen LogP contribution in [-0.2, 0) is 9.59 Å². The van der Waals surface area contributed by atoms with Crippen molar-refractivity contribution in [1.29, 1.82) is 0 Å². The molecule has 0 saturated carbocycles. The molecule has 2 amide bonds. The average Bonchev–Trinajstić information content (AvgIpc) is 2.52. The van der Waals surface area contributed by atoms with Crippen LogP contribution in [-0.4, -0.2) is 47.6 Å². The Hall–Kier alpha value is -1.10. The second-order valence-electron chi connectivity index (χ2n) is 3.90. The van der Waals surface area contributed by atoms with Crippen molar-refractivity contribution in [3.05, 3.63) is 0 Å². The molecule has 0 bridgehead atoms. The van der Waals surface area contributed by atoms with Crippen LogP contribution in [0.1, 0.15) is 26.2 Å². The maximum absolute atomic E-state index is 11.4. The molecular formula is C10H18N2O3. The van der Waals surface area contributed by atoms with Gasteiger partial charge in [-0.05, 0) is 19.8 Å². The quantitative estimate of drug-likeness (QED) is 0.648. The topological polar surface area (TPSA) is 69.6 Å². The van der Waals surface area contributed by atoms with Gasteiger partial charge in [-0.15, -0.1) is 0 Å². The number of aliphatic hydroxyl groups is 1. The van der Waals surface area contributed by atoms with Crippen molar-refractivity contribution in [3.8, 4) is 0 Å². The third-order valence-electron chi connectivity index (χ3n) is 2.48. The SMILES string of the molecule is CC(CCO)NC(=O)CN1CCCC1=O. The van der Waals surface area contributed by atoms with E-state index in [1.807, 2.05) is 6.92 Å². The molecule has 5 heteroatoms. The van der Waals surface area contributed by atoms with Crippen LogP contribution in [0, 0.1) is 0 Å². The molecule has 0 spiro atoms. The number of nitrogens with zero attached hydrogens (tertiary/aromatic N) is 1. The largest absolute Gasteiger partial charge is 0.396 e. The van der Waals surface area contributed by atoms with Crippen molar-refractivity contribution in [2.45, 2.75) is 32.2 Å². The van der Waals surface area contributed by atoms with E-state index in [2.05, 4.69) is 5.32 Å². The van der Waals surface area contributed by atoms with Gasteiger partial charge in [0.25, 0.3) is 0 Å². The fourth-order valence-corrected chi connectivity index (χ4v) is 1.63. The average molecular weight is 214 g/mol. The van der Waals surface area contributed by atoms with E-state index in [-0.39, 0.29) is 31.0 Å². The summed E-state index contributed by atoms with van der Waals surface area (Å²) in [5.74, 6) is -0.0915. The molecule has 1 aliphatic heterocycles. The van der Waals surface area contributed by atoms with Crippen LogP contribution in [0.4, 0.5) is 0 Å². The summed E-state index contributed by atoms with van der Waals surface area (Å²) in [5, 5.41) is 11.4. The number of aliphatic hydroxyl groups excluding tert-OH is 1. The summed E-state index contributed by atoms with van der Waals surface area (Å²) in [5.41, 5.74) is 0. The summed E-state index contributed by atoms with van der Waals surface area (Å²) < 4.78 is 0. The van der Waals surface area contributed by atoms with Crippen LogP contribution in [0.25, 0.3) is 0 Å². The minimum Gasteiger partial charge on any atom is -0.396 e. The molecule has 0 aromatic heterocycles. The molecule has 86 valence electrons. The van der Waals surface area contributed by atoms with E-state index in [1.165, 1.54) is 0 Å². The molecule has 2 N–H and O–H groups in total. The summed E-state index contributed by atoms with van der Waals surface area (Å²) >= 11 is 0. The van der Waals surface area contributed by atoms with Gasteiger partial charge in [-0.2, -0.15) is 0 Å². The zero-order valence-corrected chi connectivity index (χ0v) is 9.03. The Bertz CT molecular complexity index is 243. The van der Waals surface area contributed by atoms with E-state index >= 15 is 0 Å². The predicted molar refractivity (Wildman–Crippen MR) is 55.1 cm³/mol. The molecule has 1 heterocycles. The molecule has 1 fully saturated rings. The van der Waals surface area contributed by atoms with Gasteiger partial charge in [0.15, 0.2) is 0 Å². The van der Waals surface area contributed by atoms with Crippen molar-refractivity contribution in [2.75, 3.05) is 19.7 Å². The minimum atomic E-state index is -0.147. The third-order valence-corrected chi connectivity index (χ3v) is 2.48. The number of hydrogen-bond donors (Lipinski definition) is 2. The standard InChI is InChI=1S/C10H18N2O3/c1-8(4-6-13)11-9(14)7-12-5-2-3-10(12)15/h8,13H,2-7H2,1H3,(H,11,14). The Labute approximate surface area is 89.4 Å². The fraction of sp³-hybridized carbons (Fsp3) is 0.800. The van der Waals surface area contributed by atoms with Crippen LogP contribution >= 0.6 is 0 Å². The number of likely N-dealkylation sites (tertiary alicyclic amines) is 1. The van der Waals surface area contributed by atoms with E-state index in [1.54, 1.807) is 4.90 Å². The summed E-state index contributed by atoms with van der Waals surface area (Å²) in [6.07, 6.45) is 1.94. The van der Waals surface area contributed by atoms with E-state index in [9.17, 15) is 9.59 Å². The Morgan fingerprint density at radius 2 is 2.40 bits per heavy atom. The molecule has 5 nitrogen and oxygen atoms in total. The molecule has 1 atom stereocenters. The predicted octanol–water partition coefficient (Wildman–Crippen LogP) is -0.504. The molecule has 0 radical (unpaired) electrons. The normalized spacial score (nSPS) is 18.0. The molecule has 0 aromatic carbocycles. The first-order chi connectivity index (χ1) is 7.13. The van der Waals surface area contributed by atoms with E-state index in [0.29, 0.717) is 19.4 Å². The van der Waals surface area contributed by atoms with Crippen molar-refractivity contribution < 1.29 is 14.7 Å². The van der Waals surface area contributed by atoms with Gasteiger partial charge in [-0.3, -0.25) is 9.59 Å². The van der Waals surface area contributed by atoms with Gasteiger partial charge in [0, 0.05) is 25.6 Å². The van der Waals surface area contributed by atoms with Crippen LogP contribution in [0.2, 0.25) is 0 Å². The van der Waals surface area contributed by atoms with Crippen molar-refractivity contribution >= 4 is 11.8 Å². The highest BCUT2D eigenvalue weighted by molar-refractivity contribution is 5.85. The number of rotatable bonds is 5. The van der Waals surface area contributed by atoms with Gasteiger partial charge in [0.1, 0.15) is 0 Å². The molecule has 1 unspecified atom stereocenters. The fourth-order valence-electron chi connectivity index (χ4n) is 1.63. The first-order valence-corrected chi connectivity index (χ1v) is 5.31. The number of hydrogen-bond acceptors (Lipinski definition) is 3. The monoisotopic (exact) mass is 214 g/mol. The van der Waals surface area contributed by atoms with Gasteiger partial charge in [0.05, 0.1) is 6.54 Å². The van der Waals surface area contributed by atoms with E-state index in [0.717, 1.165) is 6.42 Å². The maximum atomic E-state index is 11.4. The lowest BCUT2D eigenvalue weighted by Gasteiger charge is -2.17. The van der Waals surface area contributed by atoms with Gasteiger partial charge in [0.2, 0.25) is 11.8 Å². The van der Waals surface area contributed by atoms with E-state index in [4.69, 9.17) is 5.11 Å². The second kappa shape index (κ2) is 5.70. The van der Waals surface area contributed by atoms with Crippen LogP contribution in [0.3, 0.4) is 0 Å². The first kappa shape index (κ1) is 12.0. The lowest BCUT2D eigenvalue weighted by atomic mass is 10.2. The zero-order valence-electron chi connectivity index (χ0n) is 9.03. The minimum absolute atomic E-state index is 0.0415. The molecule has 1 saturated heterocycles. The Morgan fingerprint density at radius 1 is 1.67 bits per heavy atom.